The quantitative estimate of drug-likeness (QED) is 0.327. The highest BCUT2D eigenvalue weighted by molar-refractivity contribution is 6.07. The third kappa shape index (κ3) is 5.39. The highest BCUT2D eigenvalue weighted by Crippen LogP contribution is 2.35. The number of carbonyl (C=O) groups excluding carboxylic acids is 2. The maximum Gasteiger partial charge on any atom is 0.278 e. The number of anilines is 2. The minimum Gasteiger partial charge on any atom is -0.486 e. The Morgan fingerprint density at radius 2 is 1.42 bits per heavy atom. The van der Waals surface area contributed by atoms with E-state index < -0.39 is 5.91 Å². The van der Waals surface area contributed by atoms with Gasteiger partial charge in [0.1, 0.15) is 13.2 Å². The van der Waals surface area contributed by atoms with Crippen LogP contribution in [0.15, 0.2) is 71.1 Å². The first-order valence-electron chi connectivity index (χ1n) is 12.4. The summed E-state index contributed by atoms with van der Waals surface area (Å²) in [5.41, 5.74) is 3.92. The molecule has 0 atom stereocenters. The number of hydrogen-bond donors (Lipinski definition) is 2. The second-order valence-corrected chi connectivity index (χ2v) is 10.1. The van der Waals surface area contributed by atoms with Crippen LogP contribution in [0.25, 0.3) is 22.8 Å². The monoisotopic (exact) mass is 511 g/mol. The van der Waals surface area contributed by atoms with Crippen LogP contribution < -0.4 is 20.1 Å². The van der Waals surface area contributed by atoms with E-state index in [1.54, 1.807) is 42.5 Å². The zero-order valence-electron chi connectivity index (χ0n) is 21.8. The van der Waals surface area contributed by atoms with E-state index in [0.29, 0.717) is 53.3 Å². The molecule has 194 valence electrons. The van der Waals surface area contributed by atoms with Crippen molar-refractivity contribution >= 4 is 23.2 Å². The van der Waals surface area contributed by atoms with Crippen molar-refractivity contribution in [2.24, 2.45) is 0 Å². The lowest BCUT2D eigenvalue weighted by molar-refractivity contribution is -0.114. The molecule has 1 aliphatic rings. The van der Waals surface area contributed by atoms with E-state index in [1.165, 1.54) is 12.5 Å². The molecule has 1 aromatic heterocycles. The van der Waals surface area contributed by atoms with Crippen LogP contribution in [0.1, 0.15) is 43.7 Å². The topological polar surface area (TPSA) is 103 Å². The Labute approximate surface area is 221 Å². The molecule has 8 heteroatoms. The summed E-state index contributed by atoms with van der Waals surface area (Å²) in [4.78, 5) is 29.5. The van der Waals surface area contributed by atoms with Crippen molar-refractivity contribution in [3.8, 4) is 34.3 Å². The van der Waals surface area contributed by atoms with E-state index in [0.717, 1.165) is 5.56 Å². The molecule has 2 heterocycles. The van der Waals surface area contributed by atoms with E-state index in [2.05, 4.69) is 36.4 Å². The third-order valence-electron chi connectivity index (χ3n) is 6.11. The Morgan fingerprint density at radius 1 is 0.789 bits per heavy atom. The first kappa shape index (κ1) is 25.1. The Kier molecular flexibility index (Phi) is 6.63. The van der Waals surface area contributed by atoms with Crippen molar-refractivity contribution in [1.29, 1.82) is 0 Å². The van der Waals surface area contributed by atoms with Crippen LogP contribution in [-0.2, 0) is 10.2 Å². The summed E-state index contributed by atoms with van der Waals surface area (Å²) in [6.07, 6.45) is 0. The number of oxazole rings is 1. The Hall–Kier alpha value is -4.59. The molecule has 0 radical (unpaired) electrons. The zero-order chi connectivity index (χ0) is 26.9. The largest absolute Gasteiger partial charge is 0.486 e. The highest BCUT2D eigenvalue weighted by Gasteiger charge is 2.24. The second kappa shape index (κ2) is 10.0. The Bertz CT molecular complexity index is 1480. The average Bonchev–Trinajstić information content (AvgIpc) is 3.34. The van der Waals surface area contributed by atoms with Crippen molar-refractivity contribution in [3.05, 3.63) is 78.0 Å². The molecule has 0 spiro atoms. The first-order valence-corrected chi connectivity index (χ1v) is 12.4. The molecule has 4 aromatic rings. The molecule has 0 fully saturated rings. The fraction of sp³-hybridized carbons (Fsp3) is 0.233. The number of benzene rings is 3. The summed E-state index contributed by atoms with van der Waals surface area (Å²) < 4.78 is 17.4. The van der Waals surface area contributed by atoms with Crippen molar-refractivity contribution in [1.82, 2.24) is 4.98 Å². The van der Waals surface area contributed by atoms with Crippen LogP contribution in [-0.4, -0.2) is 30.0 Å². The molecule has 2 amide bonds. The zero-order valence-corrected chi connectivity index (χ0v) is 21.8. The first-order chi connectivity index (χ1) is 18.2. The summed E-state index contributed by atoms with van der Waals surface area (Å²) in [6.45, 7) is 8.83. The van der Waals surface area contributed by atoms with Crippen LogP contribution in [0, 0.1) is 0 Å². The molecule has 0 saturated heterocycles. The van der Waals surface area contributed by atoms with Gasteiger partial charge in [-0.05, 0) is 59.5 Å². The molecule has 0 aliphatic carbocycles. The van der Waals surface area contributed by atoms with Gasteiger partial charge in [-0.3, -0.25) is 9.59 Å². The molecule has 1 aliphatic heterocycles. The standard InChI is InChI=1S/C30H29N3O5/c1-18(34)31-22-11-7-19(8-12-22)27-26(28(35)32-23-13-14-24-25(17-23)37-16-15-36-24)33-29(38-27)20-5-9-21(10-6-20)30(2,3)4/h5-14,17H,15-16H2,1-4H3,(H,31,34)(H,32,35). The summed E-state index contributed by atoms with van der Waals surface area (Å²) in [7, 11) is 0. The lowest BCUT2D eigenvalue weighted by atomic mass is 9.87. The number of carbonyl (C=O) groups is 2. The Balaban J connectivity index is 1.50. The van der Waals surface area contributed by atoms with E-state index in [4.69, 9.17) is 13.9 Å². The lowest BCUT2D eigenvalue weighted by Gasteiger charge is -2.18. The van der Waals surface area contributed by atoms with E-state index in [1.807, 2.05) is 24.3 Å². The number of rotatable bonds is 5. The van der Waals surface area contributed by atoms with Gasteiger partial charge in [0, 0.05) is 35.5 Å². The fourth-order valence-electron chi connectivity index (χ4n) is 4.13. The maximum absolute atomic E-state index is 13.5. The molecule has 0 bridgehead atoms. The molecular weight excluding hydrogens is 482 g/mol. The minimum absolute atomic E-state index is 0.00458. The van der Waals surface area contributed by atoms with Gasteiger partial charge in [0.25, 0.3) is 5.91 Å². The van der Waals surface area contributed by atoms with Crippen LogP contribution in [0.2, 0.25) is 0 Å². The van der Waals surface area contributed by atoms with Crippen molar-refractivity contribution in [2.45, 2.75) is 33.1 Å². The fourth-order valence-corrected chi connectivity index (χ4v) is 4.13. The summed E-state index contributed by atoms with van der Waals surface area (Å²) >= 11 is 0. The second-order valence-electron chi connectivity index (χ2n) is 10.1. The smallest absolute Gasteiger partial charge is 0.278 e. The van der Waals surface area contributed by atoms with Crippen LogP contribution in [0.5, 0.6) is 11.5 Å². The average molecular weight is 512 g/mol. The van der Waals surface area contributed by atoms with Crippen LogP contribution in [0.3, 0.4) is 0 Å². The van der Waals surface area contributed by atoms with Gasteiger partial charge in [-0.15, -0.1) is 0 Å². The molecule has 38 heavy (non-hydrogen) atoms. The van der Waals surface area contributed by atoms with E-state index >= 15 is 0 Å². The molecular formula is C30H29N3O5. The van der Waals surface area contributed by atoms with Crippen LogP contribution in [0.4, 0.5) is 11.4 Å². The number of amides is 2. The number of hydrogen-bond acceptors (Lipinski definition) is 6. The van der Waals surface area contributed by atoms with E-state index in [-0.39, 0.29) is 17.0 Å². The number of nitrogens with zero attached hydrogens (tertiary/aromatic N) is 1. The van der Waals surface area contributed by atoms with Crippen molar-refractivity contribution in [2.75, 3.05) is 23.8 Å². The van der Waals surface area contributed by atoms with Gasteiger partial charge in [-0.25, -0.2) is 4.98 Å². The number of ether oxygens (including phenoxy) is 2. The van der Waals surface area contributed by atoms with Gasteiger partial charge in [-0.2, -0.15) is 0 Å². The molecule has 2 N–H and O–H groups in total. The maximum atomic E-state index is 13.5. The van der Waals surface area contributed by atoms with Gasteiger partial charge in [0.05, 0.1) is 0 Å². The lowest BCUT2D eigenvalue weighted by Crippen LogP contribution is -2.17. The number of aromatic nitrogens is 1. The number of nitrogens with one attached hydrogen (secondary N) is 2. The minimum atomic E-state index is -0.427. The third-order valence-corrected chi connectivity index (χ3v) is 6.11. The van der Waals surface area contributed by atoms with Gasteiger partial charge < -0.3 is 24.5 Å². The van der Waals surface area contributed by atoms with Crippen molar-refractivity contribution in [3.63, 3.8) is 0 Å². The highest BCUT2D eigenvalue weighted by atomic mass is 16.6. The molecule has 3 aromatic carbocycles. The van der Waals surface area contributed by atoms with E-state index in [9.17, 15) is 9.59 Å². The molecule has 0 unspecified atom stereocenters. The summed E-state index contributed by atoms with van der Waals surface area (Å²) in [5, 5.41) is 5.64. The van der Waals surface area contributed by atoms with Crippen molar-refractivity contribution < 1.29 is 23.5 Å². The number of fused-ring (bicyclic) bond motifs is 1. The molecule has 5 rings (SSSR count). The summed E-state index contributed by atoms with van der Waals surface area (Å²) in [5.74, 6) is 1.27. The molecule has 8 nitrogen and oxygen atoms in total. The molecule has 0 saturated carbocycles. The van der Waals surface area contributed by atoms with Crippen LogP contribution >= 0.6 is 0 Å². The summed E-state index contributed by atoms with van der Waals surface area (Å²) in [6, 6.07) is 20.2. The Morgan fingerprint density at radius 3 is 2.08 bits per heavy atom. The van der Waals surface area contributed by atoms with Gasteiger partial charge >= 0.3 is 0 Å². The normalized spacial score (nSPS) is 12.6. The van der Waals surface area contributed by atoms with Gasteiger partial charge in [0.15, 0.2) is 23.0 Å². The van der Waals surface area contributed by atoms with Gasteiger partial charge in [0.2, 0.25) is 11.8 Å². The SMILES string of the molecule is CC(=O)Nc1ccc(-c2oc(-c3ccc(C(C)(C)C)cc3)nc2C(=O)Nc2ccc3c(c2)OCCO3)cc1. The predicted molar refractivity (Wildman–Crippen MR) is 146 cm³/mol. The predicted octanol–water partition coefficient (Wildman–Crippen LogP) is 6.29. The van der Waals surface area contributed by atoms with Gasteiger partial charge in [-0.1, -0.05) is 32.9 Å².